The summed E-state index contributed by atoms with van der Waals surface area (Å²) in [6.07, 6.45) is -1.85. The first-order valence-corrected chi connectivity index (χ1v) is 4.72. The highest BCUT2D eigenvalue weighted by molar-refractivity contribution is 6.31. The highest BCUT2D eigenvalue weighted by Crippen LogP contribution is 2.20. The minimum atomic E-state index is -2.30. The number of rotatable bonds is 4. The summed E-state index contributed by atoms with van der Waals surface area (Å²) in [5, 5.41) is 8.87. The molecule has 0 saturated heterocycles. The highest BCUT2D eigenvalue weighted by Gasteiger charge is 2.18. The number of nitrogens with two attached hydrogens (primary N) is 1. The Morgan fingerprint density at radius 2 is 2.44 bits per heavy atom. The van der Waals surface area contributed by atoms with Crippen LogP contribution in [0.3, 0.4) is 0 Å². The summed E-state index contributed by atoms with van der Waals surface area (Å²) >= 11 is 5.65. The third-order valence-corrected chi connectivity index (χ3v) is 2.12. The second-order valence-corrected chi connectivity index (χ2v) is 3.55. The van der Waals surface area contributed by atoms with Crippen molar-refractivity contribution in [1.29, 1.82) is 0 Å². The molecule has 1 aromatic carbocycles. The average molecular weight is 245 g/mol. The fourth-order valence-corrected chi connectivity index (χ4v) is 1.20. The van der Waals surface area contributed by atoms with E-state index >= 15 is 0 Å². The van der Waals surface area contributed by atoms with Gasteiger partial charge in [0.25, 0.3) is 0 Å². The molecule has 0 aliphatic rings. The molecule has 0 aliphatic heterocycles. The normalized spacial score (nSPS) is 18.8. The van der Waals surface area contributed by atoms with Crippen molar-refractivity contribution >= 4 is 29.0 Å². The Labute approximate surface area is 102 Å². The van der Waals surface area contributed by atoms with Crippen molar-refractivity contribution in [3.8, 4) is 0 Å². The zero-order valence-electron chi connectivity index (χ0n) is 11.5. The second-order valence-electron chi connectivity index (χ2n) is 3.15. The van der Waals surface area contributed by atoms with Crippen molar-refractivity contribution in [3.05, 3.63) is 28.8 Å². The van der Waals surface area contributed by atoms with Crippen LogP contribution in [0.4, 0.5) is 5.69 Å². The minimum absolute atomic E-state index is 0.0439. The van der Waals surface area contributed by atoms with Gasteiger partial charge in [0.05, 0.1) is 7.26 Å². The molecular formula is C11H12ClNO3. The number of ketones is 1. The zero-order valence-corrected chi connectivity index (χ0v) is 9.21. The van der Waals surface area contributed by atoms with Gasteiger partial charge in [-0.1, -0.05) is 18.5 Å². The monoisotopic (exact) mass is 244 g/mol. The number of halogens is 1. The lowest BCUT2D eigenvalue weighted by Gasteiger charge is -2.07. The topological polar surface area (TPSA) is 80.4 Å². The van der Waals surface area contributed by atoms with Crippen LogP contribution < -0.4 is 5.73 Å². The minimum Gasteiger partial charge on any atom is -0.481 e. The summed E-state index contributed by atoms with van der Waals surface area (Å²) in [6.45, 7) is 0.957. The van der Waals surface area contributed by atoms with E-state index in [1.807, 2.05) is 0 Å². The number of hydrogen-bond donors (Lipinski definition) is 2. The van der Waals surface area contributed by atoms with Crippen molar-refractivity contribution < 1.29 is 18.8 Å². The predicted molar refractivity (Wildman–Crippen MR) is 61.6 cm³/mol. The maximum atomic E-state index is 12.0. The molecule has 4 nitrogen and oxygen atoms in total. The number of carbonyl (C=O) groups is 2. The van der Waals surface area contributed by atoms with Gasteiger partial charge in [0, 0.05) is 25.4 Å². The second kappa shape index (κ2) is 4.99. The SMILES string of the molecule is [2H]c1cc(C(=O)C([2H])C([2H])(C)C(=O)O)c(N)cc1Cl. The Morgan fingerprint density at radius 1 is 1.81 bits per heavy atom. The van der Waals surface area contributed by atoms with E-state index in [0.29, 0.717) is 0 Å². The van der Waals surface area contributed by atoms with Crippen molar-refractivity contribution in [2.75, 3.05) is 5.73 Å². The number of carboxylic acids is 1. The Kier molecular flexibility index (Phi) is 2.67. The third kappa shape index (κ3) is 2.97. The van der Waals surface area contributed by atoms with Gasteiger partial charge in [-0.25, -0.2) is 0 Å². The first kappa shape index (κ1) is 8.58. The maximum absolute atomic E-state index is 12.0. The molecule has 86 valence electrons. The van der Waals surface area contributed by atoms with Crippen molar-refractivity contribution in [2.45, 2.75) is 13.3 Å². The third-order valence-electron chi connectivity index (χ3n) is 1.90. The maximum Gasteiger partial charge on any atom is 0.306 e. The Bertz CT molecular complexity index is 548. The number of Topliss-reactive ketones (excluding diaryl/α,β-unsaturated/α-hetero) is 1. The van der Waals surface area contributed by atoms with Gasteiger partial charge in [-0.3, -0.25) is 9.59 Å². The number of carbonyl (C=O) groups excluding carboxylic acids is 1. The van der Waals surface area contributed by atoms with Crippen LogP contribution in [-0.4, -0.2) is 16.9 Å². The molecule has 3 N–H and O–H groups in total. The molecule has 0 aromatic heterocycles. The lowest BCUT2D eigenvalue weighted by atomic mass is 9.99. The number of anilines is 1. The van der Waals surface area contributed by atoms with E-state index in [1.165, 1.54) is 6.07 Å². The van der Waals surface area contributed by atoms with Crippen molar-refractivity contribution in [2.24, 2.45) is 5.89 Å². The van der Waals surface area contributed by atoms with Crippen LogP contribution in [0.15, 0.2) is 18.2 Å². The van der Waals surface area contributed by atoms with E-state index in [0.717, 1.165) is 13.0 Å². The van der Waals surface area contributed by atoms with Gasteiger partial charge in [-0.2, -0.15) is 0 Å². The van der Waals surface area contributed by atoms with Gasteiger partial charge in [-0.05, 0) is 18.2 Å². The molecular weight excluding hydrogens is 230 g/mol. The number of benzene rings is 1. The largest absolute Gasteiger partial charge is 0.481 e. The van der Waals surface area contributed by atoms with Crippen LogP contribution in [0.2, 0.25) is 5.02 Å². The molecule has 0 bridgehead atoms. The molecule has 1 rings (SSSR count). The van der Waals surface area contributed by atoms with E-state index in [4.69, 9.17) is 26.6 Å². The molecule has 0 aliphatic carbocycles. The molecule has 16 heavy (non-hydrogen) atoms. The predicted octanol–water partition coefficient (Wildman–Crippen LogP) is 2.22. The van der Waals surface area contributed by atoms with Crippen LogP contribution in [-0.2, 0) is 4.79 Å². The zero-order chi connectivity index (χ0) is 15.0. The molecule has 5 heteroatoms. The van der Waals surface area contributed by atoms with Gasteiger partial charge in [-0.15, -0.1) is 0 Å². The van der Waals surface area contributed by atoms with Crippen molar-refractivity contribution in [3.63, 3.8) is 0 Å². The van der Waals surface area contributed by atoms with E-state index in [9.17, 15) is 9.59 Å². The molecule has 0 heterocycles. The van der Waals surface area contributed by atoms with Crippen LogP contribution in [0.5, 0.6) is 0 Å². The summed E-state index contributed by atoms with van der Waals surface area (Å²) in [4.78, 5) is 22.9. The lowest BCUT2D eigenvalue weighted by Crippen LogP contribution is -2.15. The van der Waals surface area contributed by atoms with E-state index < -0.39 is 24.0 Å². The average Bonchev–Trinajstić information content (AvgIpc) is 2.31. The summed E-state index contributed by atoms with van der Waals surface area (Å²) in [5.41, 5.74) is 5.34. The number of hydrogen-bond acceptors (Lipinski definition) is 3. The molecule has 0 fully saturated rings. The van der Waals surface area contributed by atoms with Gasteiger partial charge >= 0.3 is 5.97 Å². The Balaban J connectivity index is 3.21. The fraction of sp³-hybridized carbons (Fsp3) is 0.273. The number of nitrogen functional groups attached to an aromatic ring is 1. The smallest absolute Gasteiger partial charge is 0.306 e. The quantitative estimate of drug-likeness (QED) is 0.629. The number of carboxylic acid groups (broad SMARTS) is 1. The molecule has 0 saturated carbocycles. The Hall–Kier alpha value is -1.55. The van der Waals surface area contributed by atoms with Crippen LogP contribution in [0.1, 0.15) is 27.8 Å². The van der Waals surface area contributed by atoms with E-state index in [-0.39, 0.29) is 22.3 Å². The van der Waals surface area contributed by atoms with Crippen molar-refractivity contribution in [1.82, 2.24) is 0 Å². The van der Waals surface area contributed by atoms with E-state index in [1.54, 1.807) is 0 Å². The summed E-state index contributed by atoms with van der Waals surface area (Å²) < 4.78 is 22.6. The summed E-state index contributed by atoms with van der Waals surface area (Å²) in [6, 6.07) is 2.10. The fourth-order valence-electron chi connectivity index (χ4n) is 1.03. The molecule has 0 radical (unpaired) electrons. The molecule has 2 unspecified atom stereocenters. The first-order chi connectivity index (χ1) is 8.59. The summed E-state index contributed by atoms with van der Waals surface area (Å²) in [5.74, 6) is -4.81. The first-order valence-electron chi connectivity index (χ1n) is 5.92. The van der Waals surface area contributed by atoms with E-state index in [2.05, 4.69) is 0 Å². The summed E-state index contributed by atoms with van der Waals surface area (Å²) in [7, 11) is 0. The molecule has 2 atom stereocenters. The number of aliphatic carboxylic acids is 1. The van der Waals surface area contributed by atoms with Gasteiger partial charge < -0.3 is 10.8 Å². The van der Waals surface area contributed by atoms with Crippen LogP contribution in [0, 0.1) is 5.89 Å². The molecule has 1 aromatic rings. The standard InChI is InChI=1S/C11H12ClNO3/c1-6(11(15)16)4-10(14)8-3-2-7(12)5-9(8)13/h2-3,5-6H,4,13H2,1H3,(H,15,16)/i2D,4D,6D. The lowest BCUT2D eigenvalue weighted by molar-refractivity contribution is -0.141. The molecule has 0 amide bonds. The van der Waals surface area contributed by atoms with Crippen LogP contribution in [0.25, 0.3) is 0 Å². The van der Waals surface area contributed by atoms with Gasteiger partial charge in [0.1, 0.15) is 0 Å². The van der Waals surface area contributed by atoms with Gasteiger partial charge in [0.15, 0.2) is 5.78 Å². The Morgan fingerprint density at radius 3 is 3.00 bits per heavy atom. The highest BCUT2D eigenvalue weighted by atomic mass is 35.5. The molecule has 0 spiro atoms. The van der Waals surface area contributed by atoms with Gasteiger partial charge in [0.2, 0.25) is 0 Å². The van der Waals surface area contributed by atoms with Crippen LogP contribution >= 0.6 is 11.6 Å².